The number of likely N-dealkylation sites (N-methyl/N-ethyl adjacent to an activating group) is 1. The molecule has 0 spiro atoms. The van der Waals surface area contributed by atoms with Crippen molar-refractivity contribution < 1.29 is 15.0 Å². The van der Waals surface area contributed by atoms with Crippen molar-refractivity contribution in [3.63, 3.8) is 0 Å². The first kappa shape index (κ1) is 14.7. The fourth-order valence-electron chi connectivity index (χ4n) is 1.88. The molecule has 0 aromatic heterocycles. The average molecular weight is 251 g/mol. The zero-order valence-electron chi connectivity index (χ0n) is 11.0. The molecule has 1 unspecified atom stereocenters. The van der Waals surface area contributed by atoms with Gasteiger partial charge < -0.3 is 10.2 Å². The second kappa shape index (κ2) is 7.13. The molecule has 100 valence electrons. The van der Waals surface area contributed by atoms with Crippen molar-refractivity contribution >= 4 is 5.97 Å². The number of rotatable bonds is 7. The van der Waals surface area contributed by atoms with E-state index >= 15 is 0 Å². The highest BCUT2D eigenvalue weighted by Gasteiger charge is 2.11. The van der Waals surface area contributed by atoms with Crippen LogP contribution >= 0.6 is 0 Å². The maximum atomic E-state index is 10.4. The molecule has 0 amide bonds. The molecule has 0 fully saturated rings. The summed E-state index contributed by atoms with van der Waals surface area (Å²) in [6.45, 7) is 3.31. The number of aliphatic hydroxyl groups excluding tert-OH is 1. The van der Waals surface area contributed by atoms with Gasteiger partial charge in [-0.3, -0.25) is 9.69 Å². The van der Waals surface area contributed by atoms with E-state index in [1.54, 1.807) is 0 Å². The maximum absolute atomic E-state index is 10.4. The smallest absolute Gasteiger partial charge is 0.303 e. The standard InChI is InChI=1S/C14H21NO3/c1-11-5-3-4-6-12(11)9-15(2)10-13(16)7-8-14(17)18/h3-6,13,16H,7-10H2,1-2H3,(H,17,18). The lowest BCUT2D eigenvalue weighted by molar-refractivity contribution is -0.137. The van der Waals surface area contributed by atoms with Crippen LogP contribution in [-0.4, -0.2) is 40.8 Å². The molecule has 0 aliphatic carbocycles. The van der Waals surface area contributed by atoms with E-state index in [9.17, 15) is 9.90 Å². The molecule has 0 aliphatic rings. The van der Waals surface area contributed by atoms with Crippen molar-refractivity contribution in [2.45, 2.75) is 32.4 Å². The first-order valence-corrected chi connectivity index (χ1v) is 6.12. The SMILES string of the molecule is Cc1ccccc1CN(C)CC(O)CCC(=O)O. The molecule has 18 heavy (non-hydrogen) atoms. The van der Waals surface area contributed by atoms with Crippen LogP contribution in [-0.2, 0) is 11.3 Å². The molecule has 0 bridgehead atoms. The van der Waals surface area contributed by atoms with Crippen LogP contribution in [0.5, 0.6) is 0 Å². The molecular formula is C14H21NO3. The van der Waals surface area contributed by atoms with Crippen molar-refractivity contribution in [1.29, 1.82) is 0 Å². The van der Waals surface area contributed by atoms with Crippen LogP contribution in [0, 0.1) is 6.92 Å². The van der Waals surface area contributed by atoms with Crippen LogP contribution < -0.4 is 0 Å². The van der Waals surface area contributed by atoms with Gasteiger partial charge in [0.2, 0.25) is 0 Å². The van der Waals surface area contributed by atoms with E-state index in [1.165, 1.54) is 11.1 Å². The minimum Gasteiger partial charge on any atom is -0.481 e. The first-order chi connectivity index (χ1) is 8.49. The number of aryl methyl sites for hydroxylation is 1. The molecule has 1 atom stereocenters. The van der Waals surface area contributed by atoms with Gasteiger partial charge in [-0.15, -0.1) is 0 Å². The molecule has 0 saturated heterocycles. The Morgan fingerprint density at radius 1 is 1.39 bits per heavy atom. The highest BCUT2D eigenvalue weighted by Crippen LogP contribution is 2.10. The van der Waals surface area contributed by atoms with Crippen LogP contribution in [0.25, 0.3) is 0 Å². The van der Waals surface area contributed by atoms with Gasteiger partial charge in [0.25, 0.3) is 0 Å². The molecule has 4 nitrogen and oxygen atoms in total. The Bertz CT molecular complexity index is 392. The summed E-state index contributed by atoms with van der Waals surface area (Å²) in [5, 5.41) is 18.3. The number of aliphatic hydroxyl groups is 1. The minimum absolute atomic E-state index is 0.0133. The van der Waals surface area contributed by atoms with Gasteiger partial charge in [0.1, 0.15) is 0 Å². The first-order valence-electron chi connectivity index (χ1n) is 6.12. The lowest BCUT2D eigenvalue weighted by Crippen LogP contribution is -2.29. The number of carbonyl (C=O) groups is 1. The molecule has 0 heterocycles. The highest BCUT2D eigenvalue weighted by atomic mass is 16.4. The predicted molar refractivity (Wildman–Crippen MR) is 70.4 cm³/mol. The molecule has 2 N–H and O–H groups in total. The Hall–Kier alpha value is -1.39. The van der Waals surface area contributed by atoms with Gasteiger partial charge in [0.05, 0.1) is 6.10 Å². The molecular weight excluding hydrogens is 230 g/mol. The third kappa shape index (κ3) is 5.29. The van der Waals surface area contributed by atoms with Crippen LogP contribution in [0.2, 0.25) is 0 Å². The van der Waals surface area contributed by atoms with E-state index in [-0.39, 0.29) is 6.42 Å². The molecule has 1 aromatic rings. The minimum atomic E-state index is -0.865. The summed E-state index contributed by atoms with van der Waals surface area (Å²) in [5.74, 6) is -0.865. The van der Waals surface area contributed by atoms with E-state index < -0.39 is 12.1 Å². The summed E-state index contributed by atoms with van der Waals surface area (Å²) in [6.07, 6.45) is -0.276. The largest absolute Gasteiger partial charge is 0.481 e. The number of benzene rings is 1. The Morgan fingerprint density at radius 3 is 2.67 bits per heavy atom. The van der Waals surface area contributed by atoms with Crippen LogP contribution in [0.3, 0.4) is 0 Å². The average Bonchev–Trinajstić information content (AvgIpc) is 2.29. The number of carboxylic acid groups (broad SMARTS) is 1. The monoisotopic (exact) mass is 251 g/mol. The number of nitrogens with zero attached hydrogens (tertiary/aromatic N) is 1. The summed E-state index contributed by atoms with van der Waals surface area (Å²) in [5.41, 5.74) is 2.45. The van der Waals surface area contributed by atoms with Gasteiger partial charge in [-0.2, -0.15) is 0 Å². The molecule has 0 radical (unpaired) electrons. The van der Waals surface area contributed by atoms with Crippen molar-refractivity contribution in [3.8, 4) is 0 Å². The Kier molecular flexibility index (Phi) is 5.82. The quantitative estimate of drug-likeness (QED) is 0.773. The van der Waals surface area contributed by atoms with Gasteiger partial charge in [-0.1, -0.05) is 24.3 Å². The zero-order chi connectivity index (χ0) is 13.5. The van der Waals surface area contributed by atoms with Crippen molar-refractivity contribution in [1.82, 2.24) is 4.90 Å². The van der Waals surface area contributed by atoms with Crippen molar-refractivity contribution in [2.24, 2.45) is 0 Å². The fraction of sp³-hybridized carbons (Fsp3) is 0.500. The topological polar surface area (TPSA) is 60.8 Å². The number of hydrogen-bond acceptors (Lipinski definition) is 3. The molecule has 1 aromatic carbocycles. The molecule has 1 rings (SSSR count). The van der Waals surface area contributed by atoms with Crippen LogP contribution in [0.4, 0.5) is 0 Å². The van der Waals surface area contributed by atoms with E-state index in [4.69, 9.17) is 5.11 Å². The summed E-state index contributed by atoms with van der Waals surface area (Å²) < 4.78 is 0. The molecule has 0 aliphatic heterocycles. The third-order valence-electron chi connectivity index (χ3n) is 2.92. The third-order valence-corrected chi connectivity index (χ3v) is 2.92. The van der Waals surface area contributed by atoms with Gasteiger partial charge in [-0.25, -0.2) is 0 Å². The Balaban J connectivity index is 2.39. The summed E-state index contributed by atoms with van der Waals surface area (Å²) in [6, 6.07) is 8.12. The van der Waals surface area contributed by atoms with Crippen molar-refractivity contribution in [3.05, 3.63) is 35.4 Å². The number of carboxylic acids is 1. The van der Waals surface area contributed by atoms with E-state index in [0.29, 0.717) is 13.0 Å². The van der Waals surface area contributed by atoms with Gasteiger partial charge >= 0.3 is 5.97 Å². The lowest BCUT2D eigenvalue weighted by Gasteiger charge is -2.21. The highest BCUT2D eigenvalue weighted by molar-refractivity contribution is 5.66. The maximum Gasteiger partial charge on any atom is 0.303 e. The molecule has 4 heteroatoms. The van der Waals surface area contributed by atoms with Crippen LogP contribution in [0.15, 0.2) is 24.3 Å². The second-order valence-corrected chi connectivity index (χ2v) is 4.71. The van der Waals surface area contributed by atoms with Crippen LogP contribution in [0.1, 0.15) is 24.0 Å². The van der Waals surface area contributed by atoms with E-state index in [0.717, 1.165) is 6.54 Å². The summed E-state index contributed by atoms with van der Waals surface area (Å²) in [4.78, 5) is 12.4. The van der Waals surface area contributed by atoms with E-state index in [2.05, 4.69) is 19.1 Å². The second-order valence-electron chi connectivity index (χ2n) is 4.71. The predicted octanol–water partition coefficient (Wildman–Crippen LogP) is 1.65. The van der Waals surface area contributed by atoms with Gasteiger partial charge in [0.15, 0.2) is 0 Å². The van der Waals surface area contributed by atoms with Crippen molar-refractivity contribution in [2.75, 3.05) is 13.6 Å². The lowest BCUT2D eigenvalue weighted by atomic mass is 10.1. The Morgan fingerprint density at radius 2 is 2.06 bits per heavy atom. The zero-order valence-corrected chi connectivity index (χ0v) is 11.0. The fourth-order valence-corrected chi connectivity index (χ4v) is 1.88. The summed E-state index contributed by atoms with van der Waals surface area (Å²) in [7, 11) is 1.93. The van der Waals surface area contributed by atoms with Gasteiger partial charge in [-0.05, 0) is 31.5 Å². The summed E-state index contributed by atoms with van der Waals surface area (Å²) >= 11 is 0. The normalized spacial score (nSPS) is 12.7. The van der Waals surface area contributed by atoms with Gasteiger partial charge in [0, 0.05) is 19.5 Å². The Labute approximate surface area is 108 Å². The molecule has 0 saturated carbocycles. The number of aliphatic carboxylic acids is 1. The number of hydrogen-bond donors (Lipinski definition) is 2. The van der Waals surface area contributed by atoms with E-state index in [1.807, 2.05) is 24.1 Å².